The maximum Gasteiger partial charge on any atom is 0.196 e. The second kappa shape index (κ2) is 5.24. The van der Waals surface area contributed by atoms with Crippen LogP contribution in [-0.2, 0) is 0 Å². The zero-order valence-corrected chi connectivity index (χ0v) is 12.8. The van der Waals surface area contributed by atoms with Gasteiger partial charge in [0.15, 0.2) is 5.96 Å². The fraction of sp³-hybridized carbons (Fsp3) is 0.278. The lowest BCUT2D eigenvalue weighted by atomic mass is 9.98. The van der Waals surface area contributed by atoms with Crippen LogP contribution in [-0.4, -0.2) is 12.5 Å². The molecule has 0 spiro atoms. The Hall–Kier alpha value is -2.29. The van der Waals surface area contributed by atoms with E-state index >= 15 is 0 Å². The molecule has 3 rings (SSSR count). The van der Waals surface area contributed by atoms with Gasteiger partial charge in [0.25, 0.3) is 0 Å². The summed E-state index contributed by atoms with van der Waals surface area (Å²) in [5.74, 6) is 0.602. The first-order chi connectivity index (χ1) is 10.1. The molecule has 21 heavy (non-hydrogen) atoms. The molecule has 0 aromatic heterocycles. The molecule has 0 saturated heterocycles. The number of aryl methyl sites for hydroxylation is 3. The molecule has 3 nitrogen and oxygen atoms in total. The fourth-order valence-corrected chi connectivity index (χ4v) is 3.02. The second-order valence-electron chi connectivity index (χ2n) is 5.78. The van der Waals surface area contributed by atoms with Crippen LogP contribution in [0.25, 0.3) is 0 Å². The number of hydrogen-bond donors (Lipinski definition) is 1. The van der Waals surface area contributed by atoms with Gasteiger partial charge in [0.1, 0.15) is 0 Å². The summed E-state index contributed by atoms with van der Waals surface area (Å²) in [4.78, 5) is 6.61. The Kier molecular flexibility index (Phi) is 3.42. The number of nitrogens with two attached hydrogens (primary N) is 1. The first kappa shape index (κ1) is 13.7. The van der Waals surface area contributed by atoms with Crippen LogP contribution in [0.3, 0.4) is 0 Å². The van der Waals surface area contributed by atoms with Gasteiger partial charge >= 0.3 is 0 Å². The van der Waals surface area contributed by atoms with E-state index in [1.807, 2.05) is 0 Å². The van der Waals surface area contributed by atoms with E-state index < -0.39 is 0 Å². The van der Waals surface area contributed by atoms with E-state index in [1.165, 1.54) is 22.3 Å². The maximum absolute atomic E-state index is 6.14. The average Bonchev–Trinajstić information content (AvgIpc) is 2.80. The van der Waals surface area contributed by atoms with E-state index in [2.05, 4.69) is 73.1 Å². The van der Waals surface area contributed by atoms with Crippen molar-refractivity contribution in [2.75, 3.05) is 11.4 Å². The number of anilines is 1. The summed E-state index contributed by atoms with van der Waals surface area (Å²) in [7, 11) is 0. The summed E-state index contributed by atoms with van der Waals surface area (Å²) in [5, 5.41) is 0. The third-order valence-electron chi connectivity index (χ3n) is 4.05. The Morgan fingerprint density at radius 3 is 2.52 bits per heavy atom. The molecule has 0 fully saturated rings. The molecule has 1 atom stereocenters. The van der Waals surface area contributed by atoms with Gasteiger partial charge in [-0.25, -0.2) is 0 Å². The van der Waals surface area contributed by atoms with Crippen molar-refractivity contribution in [2.45, 2.75) is 26.8 Å². The number of guanidine groups is 1. The third kappa shape index (κ3) is 2.51. The van der Waals surface area contributed by atoms with Crippen LogP contribution in [0.4, 0.5) is 5.69 Å². The van der Waals surface area contributed by atoms with Crippen molar-refractivity contribution in [3.05, 3.63) is 64.7 Å². The van der Waals surface area contributed by atoms with Crippen LogP contribution in [0, 0.1) is 20.8 Å². The molecule has 2 aromatic carbocycles. The van der Waals surface area contributed by atoms with Crippen LogP contribution in [0.1, 0.15) is 28.3 Å². The van der Waals surface area contributed by atoms with Gasteiger partial charge in [-0.15, -0.1) is 0 Å². The van der Waals surface area contributed by atoms with Gasteiger partial charge < -0.3 is 10.6 Å². The van der Waals surface area contributed by atoms with Crippen molar-refractivity contribution < 1.29 is 0 Å². The fourth-order valence-electron chi connectivity index (χ4n) is 3.02. The zero-order chi connectivity index (χ0) is 15.0. The lowest BCUT2D eigenvalue weighted by molar-refractivity contribution is 0.762. The minimum Gasteiger partial charge on any atom is -0.369 e. The van der Waals surface area contributed by atoms with E-state index in [9.17, 15) is 0 Å². The van der Waals surface area contributed by atoms with Crippen LogP contribution in [0.5, 0.6) is 0 Å². The van der Waals surface area contributed by atoms with Gasteiger partial charge in [-0.2, -0.15) is 0 Å². The Balaban J connectivity index is 2.03. The van der Waals surface area contributed by atoms with Crippen molar-refractivity contribution in [3.63, 3.8) is 0 Å². The lowest BCUT2D eigenvalue weighted by Crippen LogP contribution is -2.36. The minimum absolute atomic E-state index is 0.187. The number of benzene rings is 2. The first-order valence-electron chi connectivity index (χ1n) is 7.29. The van der Waals surface area contributed by atoms with Gasteiger partial charge in [-0.3, -0.25) is 4.99 Å². The topological polar surface area (TPSA) is 41.6 Å². The summed E-state index contributed by atoms with van der Waals surface area (Å²) in [5.41, 5.74) is 12.4. The molecule has 108 valence electrons. The van der Waals surface area contributed by atoms with E-state index in [0.717, 1.165) is 5.69 Å². The summed E-state index contributed by atoms with van der Waals surface area (Å²) in [6.45, 7) is 7.09. The minimum atomic E-state index is 0.187. The van der Waals surface area contributed by atoms with Crippen molar-refractivity contribution in [1.82, 2.24) is 0 Å². The standard InChI is InChI=1S/C18H21N3/c1-12-5-4-6-15(10-12)21-17(11-20-18(21)19)16-8-7-13(2)9-14(16)3/h4-10,17H,11H2,1-3H3,(H2,19,20). The number of aliphatic imine (C=N–C) groups is 1. The molecule has 1 unspecified atom stereocenters. The monoisotopic (exact) mass is 279 g/mol. The molecule has 2 N–H and O–H groups in total. The SMILES string of the molecule is Cc1cccc(N2C(N)=NCC2c2ccc(C)cc2C)c1. The number of nitrogens with zero attached hydrogens (tertiary/aromatic N) is 2. The Labute approximate surface area is 126 Å². The summed E-state index contributed by atoms with van der Waals surface area (Å²) in [6.07, 6.45) is 0. The van der Waals surface area contributed by atoms with E-state index in [-0.39, 0.29) is 6.04 Å². The maximum atomic E-state index is 6.14. The number of rotatable bonds is 2. The van der Waals surface area contributed by atoms with Crippen molar-refractivity contribution >= 4 is 11.6 Å². The molecule has 0 amide bonds. The second-order valence-corrected chi connectivity index (χ2v) is 5.78. The zero-order valence-electron chi connectivity index (χ0n) is 12.8. The van der Waals surface area contributed by atoms with Crippen LogP contribution >= 0.6 is 0 Å². The average molecular weight is 279 g/mol. The normalized spacial score (nSPS) is 18.0. The molecule has 0 radical (unpaired) electrons. The lowest BCUT2D eigenvalue weighted by Gasteiger charge is -2.28. The molecule has 0 bridgehead atoms. The molecule has 1 aliphatic rings. The molecule has 2 aromatic rings. The van der Waals surface area contributed by atoms with Gasteiger partial charge in [-0.1, -0.05) is 35.9 Å². The molecular formula is C18H21N3. The molecule has 0 saturated carbocycles. The van der Waals surface area contributed by atoms with Crippen LogP contribution in [0.2, 0.25) is 0 Å². The highest BCUT2D eigenvalue weighted by Gasteiger charge is 2.29. The van der Waals surface area contributed by atoms with Crippen molar-refractivity contribution in [2.24, 2.45) is 10.7 Å². The molecule has 3 heteroatoms. The highest BCUT2D eigenvalue weighted by atomic mass is 15.3. The highest BCUT2D eigenvalue weighted by Crippen LogP contribution is 2.33. The Morgan fingerprint density at radius 1 is 1.05 bits per heavy atom. The van der Waals surface area contributed by atoms with E-state index in [0.29, 0.717) is 12.5 Å². The quantitative estimate of drug-likeness (QED) is 0.914. The van der Waals surface area contributed by atoms with Gasteiger partial charge in [0, 0.05) is 5.69 Å². The Bertz CT molecular complexity index is 703. The molecule has 1 heterocycles. The predicted octanol–water partition coefficient (Wildman–Crippen LogP) is 3.49. The van der Waals surface area contributed by atoms with Crippen molar-refractivity contribution in [1.29, 1.82) is 0 Å². The smallest absolute Gasteiger partial charge is 0.196 e. The summed E-state index contributed by atoms with van der Waals surface area (Å²) < 4.78 is 0. The van der Waals surface area contributed by atoms with Gasteiger partial charge in [0.2, 0.25) is 0 Å². The highest BCUT2D eigenvalue weighted by molar-refractivity contribution is 5.97. The van der Waals surface area contributed by atoms with Crippen LogP contribution in [0.15, 0.2) is 47.5 Å². The van der Waals surface area contributed by atoms with Crippen LogP contribution < -0.4 is 10.6 Å². The van der Waals surface area contributed by atoms with Crippen molar-refractivity contribution in [3.8, 4) is 0 Å². The van der Waals surface area contributed by atoms with E-state index in [1.54, 1.807) is 0 Å². The largest absolute Gasteiger partial charge is 0.369 e. The summed E-state index contributed by atoms with van der Waals surface area (Å²) in [6, 6.07) is 15.2. The first-order valence-corrected chi connectivity index (χ1v) is 7.29. The van der Waals surface area contributed by atoms with E-state index in [4.69, 9.17) is 5.73 Å². The van der Waals surface area contributed by atoms with Gasteiger partial charge in [0.05, 0.1) is 12.6 Å². The molecular weight excluding hydrogens is 258 g/mol. The molecule has 1 aliphatic heterocycles. The molecule has 0 aliphatic carbocycles. The predicted molar refractivity (Wildman–Crippen MR) is 88.8 cm³/mol. The number of hydrogen-bond acceptors (Lipinski definition) is 3. The Morgan fingerprint density at radius 2 is 1.81 bits per heavy atom. The third-order valence-corrected chi connectivity index (χ3v) is 4.05. The summed E-state index contributed by atoms with van der Waals surface area (Å²) >= 11 is 0. The van der Waals surface area contributed by atoms with Gasteiger partial charge in [-0.05, 0) is 49.6 Å².